The summed E-state index contributed by atoms with van der Waals surface area (Å²) in [5, 5.41) is 10.1. The molecule has 0 aliphatic carbocycles. The Labute approximate surface area is 230 Å². The second-order valence-electron chi connectivity index (χ2n) is 8.86. The number of aliphatic hydroxyl groups is 1. The van der Waals surface area contributed by atoms with E-state index in [4.69, 9.17) is 0 Å². The Balaban J connectivity index is 0. The molecule has 4 nitrogen and oxygen atoms in total. The molecule has 0 aliphatic heterocycles. The van der Waals surface area contributed by atoms with Crippen LogP contribution in [0.2, 0.25) is 0 Å². The minimum Gasteiger partial charge on any atom is -0.748 e. The minimum absolute atomic E-state index is 0. The van der Waals surface area contributed by atoms with Crippen LogP contribution < -0.4 is 51.4 Å². The molecule has 0 aromatic rings. The van der Waals surface area contributed by atoms with E-state index in [2.05, 4.69) is 6.92 Å². The van der Waals surface area contributed by atoms with Crippen molar-refractivity contribution in [1.29, 1.82) is 0 Å². The molecular weight excluding hydrogens is 423 g/mol. The molecule has 0 saturated carbocycles. The number of hydrogen-bond acceptors (Lipinski definition) is 4. The van der Waals surface area contributed by atoms with E-state index in [0.717, 1.165) is 44.9 Å². The van der Waals surface area contributed by atoms with E-state index in [9.17, 15) is 18.1 Å². The first-order chi connectivity index (χ1) is 14.0. The van der Waals surface area contributed by atoms with Gasteiger partial charge < -0.3 is 9.66 Å². The number of rotatable bonds is 23. The van der Waals surface area contributed by atoms with Crippen LogP contribution >= 0.6 is 0 Å². The first-order valence-corrected chi connectivity index (χ1v) is 14.1. The average Bonchev–Trinajstić information content (AvgIpc) is 2.66. The zero-order valence-corrected chi connectivity index (χ0v) is 24.2. The van der Waals surface area contributed by atoms with Gasteiger partial charge in [-0.2, -0.15) is 0 Å². The van der Waals surface area contributed by atoms with Gasteiger partial charge in [-0.15, -0.1) is 0 Å². The first-order valence-electron chi connectivity index (χ1n) is 12.6. The SMILES string of the molecule is CCCCCCCCCCCCCC(O)CCCCCCCCCCS(=O)(=O)[O-].[K+]. The van der Waals surface area contributed by atoms with E-state index in [1.54, 1.807) is 0 Å². The smallest absolute Gasteiger partial charge is 0.748 e. The van der Waals surface area contributed by atoms with Crippen LogP contribution in [0.25, 0.3) is 0 Å². The van der Waals surface area contributed by atoms with Gasteiger partial charge in [-0.25, -0.2) is 8.42 Å². The van der Waals surface area contributed by atoms with Gasteiger partial charge in [-0.1, -0.05) is 122 Å². The van der Waals surface area contributed by atoms with Gasteiger partial charge in [0.25, 0.3) is 0 Å². The molecule has 6 heteroatoms. The topological polar surface area (TPSA) is 77.4 Å². The quantitative estimate of drug-likeness (QED) is 0.138. The van der Waals surface area contributed by atoms with Crippen LogP contribution in [0.1, 0.15) is 142 Å². The Kier molecular flexibility index (Phi) is 28.2. The average molecular weight is 473 g/mol. The van der Waals surface area contributed by atoms with E-state index in [0.29, 0.717) is 6.42 Å². The molecule has 0 rings (SSSR count). The number of aliphatic hydroxyl groups excluding tert-OH is 1. The van der Waals surface area contributed by atoms with E-state index in [-0.39, 0.29) is 63.2 Å². The molecule has 0 heterocycles. The molecule has 1 atom stereocenters. The third-order valence-electron chi connectivity index (χ3n) is 5.82. The molecule has 0 spiro atoms. The van der Waals surface area contributed by atoms with Crippen LogP contribution in [0.3, 0.4) is 0 Å². The molecule has 0 aromatic heterocycles. The van der Waals surface area contributed by atoms with Crippen molar-refractivity contribution in [3.05, 3.63) is 0 Å². The molecular formula is C24H49KO4S. The largest absolute Gasteiger partial charge is 1.00 e. The van der Waals surface area contributed by atoms with Crippen molar-refractivity contribution in [2.75, 3.05) is 5.75 Å². The van der Waals surface area contributed by atoms with Gasteiger partial charge >= 0.3 is 51.4 Å². The monoisotopic (exact) mass is 472 g/mol. The maximum Gasteiger partial charge on any atom is 1.00 e. The van der Waals surface area contributed by atoms with E-state index in [1.807, 2.05) is 0 Å². The van der Waals surface area contributed by atoms with Crippen LogP contribution in [0.15, 0.2) is 0 Å². The fourth-order valence-electron chi connectivity index (χ4n) is 3.91. The van der Waals surface area contributed by atoms with Crippen molar-refractivity contribution in [3.63, 3.8) is 0 Å². The molecule has 30 heavy (non-hydrogen) atoms. The summed E-state index contributed by atoms with van der Waals surface area (Å²) in [4.78, 5) is 0. The molecule has 0 bridgehead atoms. The Hall–Kier alpha value is 1.51. The van der Waals surface area contributed by atoms with Crippen molar-refractivity contribution in [2.45, 2.75) is 148 Å². The zero-order valence-electron chi connectivity index (χ0n) is 20.2. The molecule has 0 fully saturated rings. The Morgan fingerprint density at radius 3 is 1.23 bits per heavy atom. The van der Waals surface area contributed by atoms with Gasteiger partial charge in [0.05, 0.1) is 16.2 Å². The van der Waals surface area contributed by atoms with Crippen LogP contribution in [-0.4, -0.2) is 29.9 Å². The predicted octanol–water partition coefficient (Wildman–Crippen LogP) is 4.11. The predicted molar refractivity (Wildman–Crippen MR) is 123 cm³/mol. The summed E-state index contributed by atoms with van der Waals surface area (Å²) >= 11 is 0. The number of hydrogen-bond donors (Lipinski definition) is 1. The standard InChI is InChI=1S/C24H50O4S.K/c1-2-3-4-5-6-7-8-9-12-15-18-21-24(25)22-19-16-13-10-11-14-17-20-23-29(26,27)28;/h24-25H,2-23H2,1H3,(H,26,27,28);/q;+1/p-1. The van der Waals surface area contributed by atoms with Crippen LogP contribution in [0.5, 0.6) is 0 Å². The molecule has 1 N–H and O–H groups in total. The second-order valence-corrected chi connectivity index (χ2v) is 10.4. The maximum atomic E-state index is 10.5. The van der Waals surface area contributed by atoms with Gasteiger partial charge in [0.15, 0.2) is 0 Å². The Morgan fingerprint density at radius 2 is 0.900 bits per heavy atom. The zero-order chi connectivity index (χ0) is 21.6. The van der Waals surface area contributed by atoms with Crippen molar-refractivity contribution < 1.29 is 69.5 Å². The van der Waals surface area contributed by atoms with Crippen LogP contribution in [0, 0.1) is 0 Å². The summed E-state index contributed by atoms with van der Waals surface area (Å²) in [6.07, 6.45) is 24.7. The normalized spacial score (nSPS) is 12.6. The fourth-order valence-corrected chi connectivity index (χ4v) is 4.47. The molecule has 0 radical (unpaired) electrons. The first kappa shape index (κ1) is 33.7. The fraction of sp³-hybridized carbons (Fsp3) is 1.00. The maximum absolute atomic E-state index is 10.5. The molecule has 0 aromatic carbocycles. The molecule has 176 valence electrons. The molecule has 0 amide bonds. The summed E-state index contributed by atoms with van der Waals surface area (Å²) in [6, 6.07) is 0. The summed E-state index contributed by atoms with van der Waals surface area (Å²) in [5.74, 6) is -0.218. The van der Waals surface area contributed by atoms with E-state index >= 15 is 0 Å². The van der Waals surface area contributed by atoms with Gasteiger partial charge in [0.1, 0.15) is 0 Å². The van der Waals surface area contributed by atoms with E-state index < -0.39 is 10.1 Å². The van der Waals surface area contributed by atoms with Gasteiger partial charge in [0.2, 0.25) is 0 Å². The van der Waals surface area contributed by atoms with Crippen molar-refractivity contribution in [2.24, 2.45) is 0 Å². The van der Waals surface area contributed by atoms with E-state index in [1.165, 1.54) is 83.5 Å². The molecule has 0 saturated heterocycles. The van der Waals surface area contributed by atoms with Gasteiger partial charge in [0, 0.05) is 5.75 Å². The molecule has 0 aliphatic rings. The van der Waals surface area contributed by atoms with Crippen LogP contribution in [-0.2, 0) is 10.1 Å². The summed E-state index contributed by atoms with van der Waals surface area (Å²) in [7, 11) is -4.03. The Morgan fingerprint density at radius 1 is 0.600 bits per heavy atom. The van der Waals surface area contributed by atoms with Crippen molar-refractivity contribution >= 4 is 10.1 Å². The van der Waals surface area contributed by atoms with Gasteiger partial charge in [-0.05, 0) is 19.3 Å². The third-order valence-corrected chi connectivity index (χ3v) is 6.61. The van der Waals surface area contributed by atoms with Crippen molar-refractivity contribution in [1.82, 2.24) is 0 Å². The summed E-state index contributed by atoms with van der Waals surface area (Å²) < 4.78 is 31.5. The summed E-state index contributed by atoms with van der Waals surface area (Å²) in [6.45, 7) is 2.26. The Bertz CT molecular complexity index is 429. The minimum atomic E-state index is -4.03. The molecule has 1 unspecified atom stereocenters. The second kappa shape index (κ2) is 25.1. The van der Waals surface area contributed by atoms with Gasteiger partial charge in [-0.3, -0.25) is 0 Å². The van der Waals surface area contributed by atoms with Crippen LogP contribution in [0.4, 0.5) is 0 Å². The number of unbranched alkanes of at least 4 members (excludes halogenated alkanes) is 17. The summed E-state index contributed by atoms with van der Waals surface area (Å²) in [5.41, 5.74) is 0. The third kappa shape index (κ3) is 29.5. The van der Waals surface area contributed by atoms with Crippen molar-refractivity contribution in [3.8, 4) is 0 Å².